The molecule has 0 aliphatic carbocycles. The van der Waals surface area contributed by atoms with Gasteiger partial charge < -0.3 is 4.98 Å². The van der Waals surface area contributed by atoms with Crippen molar-refractivity contribution < 1.29 is 0 Å². The molecule has 0 amide bonds. The zero-order valence-corrected chi connectivity index (χ0v) is 11.9. The smallest absolute Gasteiger partial charge is 0.120 e. The van der Waals surface area contributed by atoms with Crippen LogP contribution >= 0.6 is 11.6 Å². The molecule has 0 unspecified atom stereocenters. The highest BCUT2D eigenvalue weighted by Crippen LogP contribution is 2.21. The number of aromatic nitrogens is 3. The molecule has 0 fully saturated rings. The van der Waals surface area contributed by atoms with Crippen LogP contribution in [0.4, 0.5) is 0 Å². The normalized spacial score (nSPS) is 11.3. The van der Waals surface area contributed by atoms with Crippen molar-refractivity contribution >= 4 is 22.5 Å². The molecule has 4 nitrogen and oxygen atoms in total. The average molecular weight is 287 g/mol. The fourth-order valence-corrected chi connectivity index (χ4v) is 2.44. The summed E-state index contributed by atoms with van der Waals surface area (Å²) in [5.74, 6) is 0.950. The van der Waals surface area contributed by atoms with E-state index < -0.39 is 0 Å². The van der Waals surface area contributed by atoms with Crippen molar-refractivity contribution in [1.82, 2.24) is 19.9 Å². The van der Waals surface area contributed by atoms with Crippen molar-refractivity contribution in [2.45, 2.75) is 13.1 Å². The van der Waals surface area contributed by atoms with E-state index in [1.165, 1.54) is 0 Å². The van der Waals surface area contributed by atoms with Crippen molar-refractivity contribution in [3.8, 4) is 0 Å². The SMILES string of the molecule is CN(Cc1ccc2cccc(Cl)c2n1)Cc1ncc[nH]1. The number of benzene rings is 1. The Kier molecular flexibility index (Phi) is 3.67. The van der Waals surface area contributed by atoms with E-state index in [2.05, 4.69) is 25.9 Å². The molecule has 2 heterocycles. The minimum Gasteiger partial charge on any atom is -0.348 e. The zero-order chi connectivity index (χ0) is 13.9. The number of nitrogens with one attached hydrogen (secondary N) is 1. The van der Waals surface area contributed by atoms with Crippen molar-refractivity contribution in [2.75, 3.05) is 7.05 Å². The van der Waals surface area contributed by atoms with Crippen molar-refractivity contribution in [2.24, 2.45) is 0 Å². The second-order valence-corrected chi connectivity index (χ2v) is 5.23. The number of H-pyrrole nitrogens is 1. The molecule has 0 aliphatic rings. The molecule has 0 radical (unpaired) electrons. The third kappa shape index (κ3) is 2.81. The van der Waals surface area contributed by atoms with Gasteiger partial charge in [0.25, 0.3) is 0 Å². The molecule has 0 bridgehead atoms. The van der Waals surface area contributed by atoms with Crippen molar-refractivity contribution in [3.05, 3.63) is 59.3 Å². The molecule has 0 saturated carbocycles. The van der Waals surface area contributed by atoms with Gasteiger partial charge in [0.05, 0.1) is 22.8 Å². The molecule has 3 rings (SSSR count). The van der Waals surface area contributed by atoms with Gasteiger partial charge in [-0.2, -0.15) is 0 Å². The predicted molar refractivity (Wildman–Crippen MR) is 80.5 cm³/mol. The maximum atomic E-state index is 6.19. The van der Waals surface area contributed by atoms with Gasteiger partial charge in [-0.1, -0.05) is 29.8 Å². The largest absolute Gasteiger partial charge is 0.348 e. The Balaban J connectivity index is 1.78. The van der Waals surface area contributed by atoms with Crippen LogP contribution < -0.4 is 0 Å². The van der Waals surface area contributed by atoms with Crippen LogP contribution in [0.2, 0.25) is 5.02 Å². The lowest BCUT2D eigenvalue weighted by Gasteiger charge is -2.15. The molecule has 1 aromatic carbocycles. The van der Waals surface area contributed by atoms with E-state index in [4.69, 9.17) is 11.6 Å². The van der Waals surface area contributed by atoms with Crippen LogP contribution in [0.25, 0.3) is 10.9 Å². The Morgan fingerprint density at radius 1 is 1.20 bits per heavy atom. The van der Waals surface area contributed by atoms with Gasteiger partial charge in [0.15, 0.2) is 0 Å². The second kappa shape index (κ2) is 5.61. The van der Waals surface area contributed by atoms with Gasteiger partial charge in [-0.05, 0) is 19.2 Å². The first kappa shape index (κ1) is 13.1. The summed E-state index contributed by atoms with van der Waals surface area (Å²) < 4.78 is 0. The topological polar surface area (TPSA) is 44.8 Å². The van der Waals surface area contributed by atoms with Crippen LogP contribution in [-0.2, 0) is 13.1 Å². The predicted octanol–water partition coefficient (Wildman–Crippen LogP) is 3.24. The van der Waals surface area contributed by atoms with E-state index in [-0.39, 0.29) is 0 Å². The van der Waals surface area contributed by atoms with Gasteiger partial charge >= 0.3 is 0 Å². The fourth-order valence-electron chi connectivity index (χ4n) is 2.21. The Morgan fingerprint density at radius 3 is 2.90 bits per heavy atom. The lowest BCUT2D eigenvalue weighted by atomic mass is 10.2. The Bertz CT molecular complexity index is 709. The van der Waals surface area contributed by atoms with E-state index in [0.717, 1.165) is 35.5 Å². The van der Waals surface area contributed by atoms with Gasteiger partial charge in [-0.15, -0.1) is 0 Å². The molecule has 0 aliphatic heterocycles. The first-order chi connectivity index (χ1) is 9.72. The molecule has 102 valence electrons. The monoisotopic (exact) mass is 286 g/mol. The standard InChI is InChI=1S/C15H15ClN4/c1-20(10-14-17-7-8-18-14)9-12-6-5-11-3-2-4-13(16)15(11)19-12/h2-8H,9-10H2,1H3,(H,17,18). The molecule has 5 heteroatoms. The van der Waals surface area contributed by atoms with Gasteiger partial charge in [0, 0.05) is 24.3 Å². The number of aromatic amines is 1. The van der Waals surface area contributed by atoms with Crippen LogP contribution in [0.5, 0.6) is 0 Å². The van der Waals surface area contributed by atoms with Gasteiger partial charge in [-0.3, -0.25) is 4.90 Å². The van der Waals surface area contributed by atoms with E-state index >= 15 is 0 Å². The molecule has 3 aromatic rings. The molecular weight excluding hydrogens is 272 g/mol. The van der Waals surface area contributed by atoms with Gasteiger partial charge in [-0.25, -0.2) is 9.97 Å². The minimum atomic E-state index is 0.693. The first-order valence-electron chi connectivity index (χ1n) is 6.43. The number of pyridine rings is 1. The lowest BCUT2D eigenvalue weighted by Crippen LogP contribution is -2.18. The number of para-hydroxylation sites is 1. The highest BCUT2D eigenvalue weighted by atomic mass is 35.5. The lowest BCUT2D eigenvalue weighted by molar-refractivity contribution is 0.308. The van der Waals surface area contributed by atoms with Gasteiger partial charge in [0.2, 0.25) is 0 Å². The van der Waals surface area contributed by atoms with Crippen molar-refractivity contribution in [3.63, 3.8) is 0 Å². The number of nitrogens with zero attached hydrogens (tertiary/aromatic N) is 3. The van der Waals surface area contributed by atoms with Crippen LogP contribution in [0.15, 0.2) is 42.7 Å². The Labute approximate surface area is 122 Å². The number of hydrogen-bond acceptors (Lipinski definition) is 3. The van der Waals surface area contributed by atoms with Crippen LogP contribution in [0.1, 0.15) is 11.5 Å². The summed E-state index contributed by atoms with van der Waals surface area (Å²) in [6.45, 7) is 1.51. The summed E-state index contributed by atoms with van der Waals surface area (Å²) in [6, 6.07) is 9.93. The quantitative estimate of drug-likeness (QED) is 0.801. The summed E-state index contributed by atoms with van der Waals surface area (Å²) in [7, 11) is 2.04. The molecule has 0 spiro atoms. The highest BCUT2D eigenvalue weighted by molar-refractivity contribution is 6.35. The number of rotatable bonds is 4. The number of fused-ring (bicyclic) bond motifs is 1. The van der Waals surface area contributed by atoms with E-state index in [1.807, 2.05) is 37.5 Å². The maximum absolute atomic E-state index is 6.19. The maximum Gasteiger partial charge on any atom is 0.120 e. The summed E-state index contributed by atoms with van der Waals surface area (Å²) >= 11 is 6.19. The zero-order valence-electron chi connectivity index (χ0n) is 11.2. The summed E-state index contributed by atoms with van der Waals surface area (Å²) in [5, 5.41) is 1.76. The van der Waals surface area contributed by atoms with E-state index in [0.29, 0.717) is 5.02 Å². The van der Waals surface area contributed by atoms with Crippen LogP contribution in [0.3, 0.4) is 0 Å². The highest BCUT2D eigenvalue weighted by Gasteiger charge is 2.06. The summed E-state index contributed by atoms with van der Waals surface area (Å²) in [4.78, 5) is 14.1. The van der Waals surface area contributed by atoms with Crippen molar-refractivity contribution in [1.29, 1.82) is 0 Å². The molecular formula is C15H15ClN4. The second-order valence-electron chi connectivity index (χ2n) is 4.82. The molecule has 0 saturated heterocycles. The van der Waals surface area contributed by atoms with Crippen LogP contribution in [-0.4, -0.2) is 26.9 Å². The third-order valence-corrected chi connectivity index (χ3v) is 3.44. The summed E-state index contributed by atoms with van der Waals surface area (Å²) in [6.07, 6.45) is 3.59. The Hall–Kier alpha value is -1.91. The van der Waals surface area contributed by atoms with Gasteiger partial charge in [0.1, 0.15) is 5.82 Å². The molecule has 2 aromatic heterocycles. The molecule has 20 heavy (non-hydrogen) atoms. The Morgan fingerprint density at radius 2 is 2.10 bits per heavy atom. The number of halogens is 1. The van der Waals surface area contributed by atoms with E-state index in [1.54, 1.807) is 6.20 Å². The summed E-state index contributed by atoms with van der Waals surface area (Å²) in [5.41, 5.74) is 1.86. The first-order valence-corrected chi connectivity index (χ1v) is 6.81. The third-order valence-electron chi connectivity index (χ3n) is 3.14. The fraction of sp³-hybridized carbons (Fsp3) is 0.200. The molecule has 0 atom stereocenters. The average Bonchev–Trinajstić information content (AvgIpc) is 2.92. The minimum absolute atomic E-state index is 0.693. The van der Waals surface area contributed by atoms with Crippen LogP contribution in [0, 0.1) is 0 Å². The molecule has 1 N–H and O–H groups in total. The number of hydrogen-bond donors (Lipinski definition) is 1. The number of imidazole rings is 1. The van der Waals surface area contributed by atoms with E-state index in [9.17, 15) is 0 Å².